The van der Waals surface area contributed by atoms with Crippen molar-refractivity contribution in [3.05, 3.63) is 36.0 Å². The summed E-state index contributed by atoms with van der Waals surface area (Å²) in [6.45, 7) is 4.48. The average molecular weight is 339 g/mol. The van der Waals surface area contributed by atoms with Crippen molar-refractivity contribution >= 4 is 27.5 Å². The first-order valence-electron chi connectivity index (χ1n) is 6.91. The fraction of sp³-hybridized carbons (Fsp3) is 0.333. The molecule has 0 saturated carbocycles. The van der Waals surface area contributed by atoms with Gasteiger partial charge in [0.2, 0.25) is 0 Å². The van der Waals surface area contributed by atoms with Gasteiger partial charge in [0, 0.05) is 25.7 Å². The van der Waals surface area contributed by atoms with Crippen molar-refractivity contribution in [2.75, 3.05) is 11.1 Å². The highest BCUT2D eigenvalue weighted by Crippen LogP contribution is 2.23. The summed E-state index contributed by atoms with van der Waals surface area (Å²) in [5.41, 5.74) is 0.243. The standard InChI is InChI=1S/C15H17NO6S/c1-4-23(19,20)11-7-5-10(6-8-11)16-9-12-13(17)21-15(2,3)22-14(12)18/h5-9,16H,4H2,1-3H3. The molecule has 0 bridgehead atoms. The third-order valence-electron chi connectivity index (χ3n) is 3.09. The van der Waals surface area contributed by atoms with Gasteiger partial charge in [-0.15, -0.1) is 0 Å². The molecule has 0 atom stereocenters. The van der Waals surface area contributed by atoms with Gasteiger partial charge in [0.25, 0.3) is 5.79 Å². The first-order valence-corrected chi connectivity index (χ1v) is 8.56. The van der Waals surface area contributed by atoms with Gasteiger partial charge in [-0.3, -0.25) is 0 Å². The summed E-state index contributed by atoms with van der Waals surface area (Å²) in [5, 5.41) is 2.74. The molecular weight excluding hydrogens is 322 g/mol. The SMILES string of the molecule is CCS(=O)(=O)c1ccc(NC=C2C(=O)OC(C)(C)OC2=O)cc1. The van der Waals surface area contributed by atoms with Crippen LogP contribution in [-0.2, 0) is 28.9 Å². The Hall–Kier alpha value is -2.35. The Labute approximate surface area is 134 Å². The van der Waals surface area contributed by atoms with Crippen LogP contribution < -0.4 is 5.32 Å². The summed E-state index contributed by atoms with van der Waals surface area (Å²) < 4.78 is 33.3. The number of hydrogen-bond donors (Lipinski definition) is 1. The van der Waals surface area contributed by atoms with Crippen LogP contribution in [0.2, 0.25) is 0 Å². The number of carbonyl (C=O) groups excluding carboxylic acids is 2. The van der Waals surface area contributed by atoms with Crippen LogP contribution in [0.15, 0.2) is 40.9 Å². The summed E-state index contributed by atoms with van der Waals surface area (Å²) in [4.78, 5) is 23.7. The van der Waals surface area contributed by atoms with Gasteiger partial charge in [0.1, 0.15) is 0 Å². The number of benzene rings is 1. The van der Waals surface area contributed by atoms with Crippen LogP contribution in [-0.4, -0.2) is 31.9 Å². The van der Waals surface area contributed by atoms with Gasteiger partial charge < -0.3 is 14.8 Å². The lowest BCUT2D eigenvalue weighted by atomic mass is 10.2. The van der Waals surface area contributed by atoms with Gasteiger partial charge in [-0.25, -0.2) is 18.0 Å². The average Bonchev–Trinajstić information content (AvgIpc) is 2.45. The van der Waals surface area contributed by atoms with Gasteiger partial charge in [-0.05, 0) is 24.3 Å². The Balaban J connectivity index is 2.14. The number of ether oxygens (including phenoxy) is 2. The topological polar surface area (TPSA) is 98.8 Å². The van der Waals surface area contributed by atoms with Gasteiger partial charge >= 0.3 is 11.9 Å². The molecule has 0 aliphatic carbocycles. The number of nitrogens with one attached hydrogen (secondary N) is 1. The highest BCUT2D eigenvalue weighted by atomic mass is 32.2. The zero-order chi connectivity index (χ0) is 17.3. The van der Waals surface area contributed by atoms with E-state index in [-0.39, 0.29) is 16.2 Å². The Morgan fingerprint density at radius 1 is 1.09 bits per heavy atom. The van der Waals surface area contributed by atoms with E-state index in [1.807, 2.05) is 0 Å². The number of carbonyl (C=O) groups is 2. The number of esters is 2. The minimum absolute atomic E-state index is 0.0112. The van der Waals surface area contributed by atoms with Crippen molar-refractivity contribution in [2.45, 2.75) is 31.5 Å². The second kappa shape index (κ2) is 6.04. The molecule has 2 rings (SSSR count). The van der Waals surface area contributed by atoms with Crippen LogP contribution >= 0.6 is 0 Å². The molecule has 0 unspecified atom stereocenters. The molecule has 1 aromatic carbocycles. The molecule has 1 heterocycles. The number of anilines is 1. The molecule has 124 valence electrons. The van der Waals surface area contributed by atoms with Crippen LogP contribution in [0.4, 0.5) is 5.69 Å². The van der Waals surface area contributed by atoms with E-state index in [1.54, 1.807) is 6.92 Å². The first kappa shape index (κ1) is 17.0. The predicted octanol–water partition coefficient (Wildman–Crippen LogP) is 1.61. The summed E-state index contributed by atoms with van der Waals surface area (Å²) >= 11 is 0. The molecule has 8 heteroatoms. The minimum Gasteiger partial charge on any atom is -0.419 e. The highest BCUT2D eigenvalue weighted by Gasteiger charge is 2.38. The molecule has 0 radical (unpaired) electrons. The second-order valence-corrected chi connectivity index (χ2v) is 7.59. The maximum atomic E-state index is 11.8. The molecule has 1 N–H and O–H groups in total. The molecular formula is C15H17NO6S. The van der Waals surface area contributed by atoms with Crippen LogP contribution in [0, 0.1) is 0 Å². The first-order chi connectivity index (χ1) is 10.6. The lowest BCUT2D eigenvalue weighted by Crippen LogP contribution is -2.42. The number of sulfone groups is 1. The molecule has 1 aliphatic rings. The van der Waals surface area contributed by atoms with E-state index in [0.717, 1.165) is 0 Å². The summed E-state index contributed by atoms with van der Waals surface area (Å²) in [6.07, 6.45) is 1.17. The van der Waals surface area contributed by atoms with E-state index in [1.165, 1.54) is 44.3 Å². The largest absolute Gasteiger partial charge is 0.419 e. The smallest absolute Gasteiger partial charge is 0.350 e. The fourth-order valence-electron chi connectivity index (χ4n) is 1.86. The van der Waals surface area contributed by atoms with Crippen LogP contribution in [0.5, 0.6) is 0 Å². The Kier molecular flexibility index (Phi) is 4.46. The molecule has 1 fully saturated rings. The summed E-state index contributed by atoms with van der Waals surface area (Å²) in [7, 11) is -3.27. The molecule has 0 aromatic heterocycles. The molecule has 1 aromatic rings. The lowest BCUT2D eigenvalue weighted by Gasteiger charge is -2.29. The Morgan fingerprint density at radius 3 is 2.09 bits per heavy atom. The van der Waals surface area contributed by atoms with Crippen molar-refractivity contribution < 1.29 is 27.5 Å². The second-order valence-electron chi connectivity index (χ2n) is 5.31. The van der Waals surface area contributed by atoms with E-state index < -0.39 is 27.6 Å². The van der Waals surface area contributed by atoms with Crippen molar-refractivity contribution in [2.24, 2.45) is 0 Å². The maximum absolute atomic E-state index is 11.8. The normalized spacial score (nSPS) is 17.3. The molecule has 0 spiro atoms. The van der Waals surface area contributed by atoms with E-state index in [2.05, 4.69) is 5.32 Å². The van der Waals surface area contributed by atoms with Gasteiger partial charge in [-0.2, -0.15) is 0 Å². The zero-order valence-corrected chi connectivity index (χ0v) is 13.8. The Bertz CT molecular complexity index is 740. The fourth-order valence-corrected chi connectivity index (χ4v) is 2.74. The van der Waals surface area contributed by atoms with Crippen molar-refractivity contribution in [3.63, 3.8) is 0 Å². The van der Waals surface area contributed by atoms with E-state index in [4.69, 9.17) is 9.47 Å². The zero-order valence-electron chi connectivity index (χ0n) is 13.0. The molecule has 7 nitrogen and oxygen atoms in total. The molecule has 1 aliphatic heterocycles. The predicted molar refractivity (Wildman–Crippen MR) is 82.1 cm³/mol. The van der Waals surface area contributed by atoms with Crippen LogP contribution in [0.1, 0.15) is 20.8 Å². The van der Waals surface area contributed by atoms with Gasteiger partial charge in [-0.1, -0.05) is 6.92 Å². The van der Waals surface area contributed by atoms with E-state index >= 15 is 0 Å². The van der Waals surface area contributed by atoms with Crippen molar-refractivity contribution in [1.29, 1.82) is 0 Å². The quantitative estimate of drug-likeness (QED) is 0.505. The minimum atomic E-state index is -3.27. The molecule has 0 amide bonds. The van der Waals surface area contributed by atoms with Crippen molar-refractivity contribution in [3.8, 4) is 0 Å². The van der Waals surface area contributed by atoms with Crippen molar-refractivity contribution in [1.82, 2.24) is 0 Å². The van der Waals surface area contributed by atoms with Crippen LogP contribution in [0.3, 0.4) is 0 Å². The molecule has 23 heavy (non-hydrogen) atoms. The molecule has 1 saturated heterocycles. The maximum Gasteiger partial charge on any atom is 0.350 e. The third-order valence-corrected chi connectivity index (χ3v) is 4.84. The number of rotatable bonds is 4. The monoisotopic (exact) mass is 339 g/mol. The summed E-state index contributed by atoms with van der Waals surface area (Å²) in [5.74, 6) is -2.85. The van der Waals surface area contributed by atoms with Crippen LogP contribution in [0.25, 0.3) is 0 Å². The number of hydrogen-bond acceptors (Lipinski definition) is 7. The third kappa shape index (κ3) is 3.89. The van der Waals surface area contributed by atoms with Gasteiger partial charge in [0.15, 0.2) is 15.4 Å². The lowest BCUT2D eigenvalue weighted by molar-refractivity contribution is -0.222. The highest BCUT2D eigenvalue weighted by molar-refractivity contribution is 7.91. The Morgan fingerprint density at radius 2 is 1.61 bits per heavy atom. The summed E-state index contributed by atoms with van der Waals surface area (Å²) in [6, 6.07) is 5.95. The number of cyclic esters (lactones) is 2. The van der Waals surface area contributed by atoms with E-state index in [9.17, 15) is 18.0 Å². The van der Waals surface area contributed by atoms with Gasteiger partial charge in [0.05, 0.1) is 10.6 Å². The van der Waals surface area contributed by atoms with E-state index in [0.29, 0.717) is 5.69 Å².